The molecule has 3 rings (SSSR count). The normalized spacial score (nSPS) is 39.0. The van der Waals surface area contributed by atoms with E-state index >= 15 is 0 Å². The molecule has 114 valence electrons. The lowest BCUT2D eigenvalue weighted by atomic mass is 9.78. The van der Waals surface area contributed by atoms with Crippen molar-refractivity contribution in [3.8, 4) is 0 Å². The molecule has 3 fully saturated rings. The third kappa shape index (κ3) is 3.10. The molecule has 0 aromatic rings. The van der Waals surface area contributed by atoms with E-state index in [-0.39, 0.29) is 0 Å². The number of hydrogen-bond acceptors (Lipinski definition) is 2. The fourth-order valence-corrected chi connectivity index (χ4v) is 5.06. The van der Waals surface area contributed by atoms with E-state index in [0.717, 1.165) is 37.3 Å². The Bertz CT molecular complexity index is 340. The molecule has 2 saturated carbocycles. The molecule has 0 radical (unpaired) electrons. The first-order valence-corrected chi connectivity index (χ1v) is 9.04. The fourth-order valence-electron chi connectivity index (χ4n) is 5.06. The molecule has 4 atom stereocenters. The summed E-state index contributed by atoms with van der Waals surface area (Å²) >= 11 is 0. The summed E-state index contributed by atoms with van der Waals surface area (Å²) in [5.41, 5.74) is 0. The van der Waals surface area contributed by atoms with Crippen molar-refractivity contribution in [1.82, 2.24) is 4.90 Å². The van der Waals surface area contributed by atoms with E-state index in [2.05, 4.69) is 11.8 Å². The average Bonchev–Trinajstić information content (AvgIpc) is 2.86. The van der Waals surface area contributed by atoms with Gasteiger partial charge in [-0.1, -0.05) is 32.6 Å². The SMILES string of the molecule is CCCC1CCC(=O)C(CN2CCC3CCCCC32)C1. The lowest BCUT2D eigenvalue weighted by Crippen LogP contribution is -2.41. The van der Waals surface area contributed by atoms with Gasteiger partial charge >= 0.3 is 0 Å². The van der Waals surface area contributed by atoms with Crippen LogP contribution in [0.15, 0.2) is 0 Å². The third-order valence-corrected chi connectivity index (χ3v) is 6.15. The first kappa shape index (κ1) is 14.6. The second kappa shape index (κ2) is 6.60. The van der Waals surface area contributed by atoms with Gasteiger partial charge in [-0.05, 0) is 50.5 Å². The Balaban J connectivity index is 1.57. The Morgan fingerprint density at radius 3 is 2.85 bits per heavy atom. The average molecular weight is 277 g/mol. The molecule has 2 heteroatoms. The van der Waals surface area contributed by atoms with Crippen molar-refractivity contribution in [3.63, 3.8) is 0 Å². The summed E-state index contributed by atoms with van der Waals surface area (Å²) in [7, 11) is 0. The summed E-state index contributed by atoms with van der Waals surface area (Å²) < 4.78 is 0. The van der Waals surface area contributed by atoms with Gasteiger partial charge in [-0.3, -0.25) is 9.69 Å². The van der Waals surface area contributed by atoms with E-state index < -0.39 is 0 Å². The molecular formula is C18H31NO. The molecule has 1 saturated heterocycles. The van der Waals surface area contributed by atoms with Crippen LogP contribution in [-0.2, 0) is 4.79 Å². The van der Waals surface area contributed by atoms with Gasteiger partial charge in [0, 0.05) is 24.9 Å². The van der Waals surface area contributed by atoms with Crippen LogP contribution >= 0.6 is 0 Å². The molecule has 0 aromatic heterocycles. The zero-order valence-corrected chi connectivity index (χ0v) is 13.2. The van der Waals surface area contributed by atoms with Crippen molar-refractivity contribution >= 4 is 5.78 Å². The number of carbonyl (C=O) groups is 1. The van der Waals surface area contributed by atoms with Gasteiger partial charge in [0.25, 0.3) is 0 Å². The topological polar surface area (TPSA) is 20.3 Å². The molecule has 1 heterocycles. The molecule has 0 spiro atoms. The van der Waals surface area contributed by atoms with Gasteiger partial charge in [0.05, 0.1) is 0 Å². The second-order valence-electron chi connectivity index (χ2n) is 7.49. The first-order valence-electron chi connectivity index (χ1n) is 9.04. The number of hydrogen-bond donors (Lipinski definition) is 0. The van der Waals surface area contributed by atoms with Crippen molar-refractivity contribution in [2.24, 2.45) is 17.8 Å². The third-order valence-electron chi connectivity index (χ3n) is 6.15. The lowest BCUT2D eigenvalue weighted by Gasteiger charge is -2.36. The van der Waals surface area contributed by atoms with E-state index in [1.54, 1.807) is 0 Å². The van der Waals surface area contributed by atoms with E-state index in [9.17, 15) is 4.79 Å². The number of nitrogens with zero attached hydrogens (tertiary/aromatic N) is 1. The largest absolute Gasteiger partial charge is 0.299 e. The quantitative estimate of drug-likeness (QED) is 0.773. The predicted molar refractivity (Wildman–Crippen MR) is 82.7 cm³/mol. The number of fused-ring (bicyclic) bond motifs is 1. The Kier molecular flexibility index (Phi) is 4.80. The highest BCUT2D eigenvalue weighted by Gasteiger charge is 2.38. The minimum atomic E-state index is 0.362. The molecule has 0 N–H and O–H groups in total. The highest BCUT2D eigenvalue weighted by Crippen LogP contribution is 2.38. The van der Waals surface area contributed by atoms with Gasteiger partial charge in [-0.15, -0.1) is 0 Å². The molecule has 20 heavy (non-hydrogen) atoms. The van der Waals surface area contributed by atoms with Crippen molar-refractivity contribution in [3.05, 3.63) is 0 Å². The molecule has 2 nitrogen and oxygen atoms in total. The van der Waals surface area contributed by atoms with Gasteiger partial charge in [0.15, 0.2) is 0 Å². The highest BCUT2D eigenvalue weighted by molar-refractivity contribution is 5.82. The summed E-state index contributed by atoms with van der Waals surface area (Å²) in [5.74, 6) is 2.71. The summed E-state index contributed by atoms with van der Waals surface area (Å²) in [5, 5.41) is 0. The van der Waals surface area contributed by atoms with Crippen molar-refractivity contribution in [2.75, 3.05) is 13.1 Å². The smallest absolute Gasteiger partial charge is 0.137 e. The van der Waals surface area contributed by atoms with Crippen molar-refractivity contribution < 1.29 is 4.79 Å². The van der Waals surface area contributed by atoms with Crippen LogP contribution < -0.4 is 0 Å². The predicted octanol–water partition coefficient (Wildman–Crippen LogP) is 4.04. The standard InChI is InChI=1S/C18H31NO/c1-2-5-14-8-9-18(20)16(12-14)13-19-11-10-15-6-3-4-7-17(15)19/h14-17H,2-13H2,1H3. The van der Waals surface area contributed by atoms with E-state index in [0.29, 0.717) is 11.7 Å². The van der Waals surface area contributed by atoms with Crippen molar-refractivity contribution in [1.29, 1.82) is 0 Å². The lowest BCUT2D eigenvalue weighted by molar-refractivity contribution is -0.126. The minimum absolute atomic E-state index is 0.362. The number of Topliss-reactive ketones (excluding diaryl/α,β-unsaturated/α-hetero) is 1. The highest BCUT2D eigenvalue weighted by atomic mass is 16.1. The van der Waals surface area contributed by atoms with Gasteiger partial charge in [0.1, 0.15) is 5.78 Å². The molecule has 3 aliphatic rings. The maximum absolute atomic E-state index is 12.3. The Labute approximate surface area is 124 Å². The monoisotopic (exact) mass is 277 g/mol. The zero-order chi connectivity index (χ0) is 13.9. The summed E-state index contributed by atoms with van der Waals surface area (Å²) in [6.45, 7) is 4.62. The Morgan fingerprint density at radius 1 is 1.15 bits per heavy atom. The number of likely N-dealkylation sites (tertiary alicyclic amines) is 1. The van der Waals surface area contributed by atoms with E-state index in [1.807, 2.05) is 0 Å². The molecule has 4 unspecified atom stereocenters. The zero-order valence-electron chi connectivity index (χ0n) is 13.2. The van der Waals surface area contributed by atoms with Crippen LogP contribution in [0.25, 0.3) is 0 Å². The molecule has 1 aliphatic heterocycles. The number of ketones is 1. The van der Waals surface area contributed by atoms with Gasteiger partial charge in [0.2, 0.25) is 0 Å². The summed E-state index contributed by atoms with van der Waals surface area (Å²) in [6.07, 6.45) is 12.9. The van der Waals surface area contributed by atoms with E-state index in [4.69, 9.17) is 0 Å². The van der Waals surface area contributed by atoms with Crippen LogP contribution in [0.3, 0.4) is 0 Å². The van der Waals surface area contributed by atoms with Crippen LogP contribution in [0.2, 0.25) is 0 Å². The van der Waals surface area contributed by atoms with E-state index in [1.165, 1.54) is 57.9 Å². The van der Waals surface area contributed by atoms with Crippen LogP contribution in [-0.4, -0.2) is 29.8 Å². The maximum Gasteiger partial charge on any atom is 0.137 e. The summed E-state index contributed by atoms with van der Waals surface area (Å²) in [6, 6.07) is 0.822. The fraction of sp³-hybridized carbons (Fsp3) is 0.944. The molecule has 0 amide bonds. The van der Waals surface area contributed by atoms with Crippen LogP contribution in [0.1, 0.15) is 71.1 Å². The minimum Gasteiger partial charge on any atom is -0.299 e. The Morgan fingerprint density at radius 2 is 2.00 bits per heavy atom. The van der Waals surface area contributed by atoms with Crippen LogP contribution in [0.5, 0.6) is 0 Å². The summed E-state index contributed by atoms with van der Waals surface area (Å²) in [4.78, 5) is 15.0. The van der Waals surface area contributed by atoms with Crippen molar-refractivity contribution in [2.45, 2.75) is 77.2 Å². The molecule has 2 aliphatic carbocycles. The van der Waals surface area contributed by atoms with Gasteiger partial charge in [-0.25, -0.2) is 0 Å². The van der Waals surface area contributed by atoms with Gasteiger partial charge < -0.3 is 0 Å². The first-order chi connectivity index (χ1) is 9.78. The van der Waals surface area contributed by atoms with Crippen LogP contribution in [0.4, 0.5) is 0 Å². The van der Waals surface area contributed by atoms with Gasteiger partial charge in [-0.2, -0.15) is 0 Å². The Hall–Kier alpha value is -0.370. The number of rotatable bonds is 4. The molecular weight excluding hydrogens is 246 g/mol. The van der Waals surface area contributed by atoms with Crippen LogP contribution in [0, 0.1) is 17.8 Å². The molecule has 0 aromatic carbocycles. The second-order valence-corrected chi connectivity index (χ2v) is 7.49. The molecule has 0 bridgehead atoms. The maximum atomic E-state index is 12.3. The number of carbonyl (C=O) groups excluding carboxylic acids is 1.